The summed E-state index contributed by atoms with van der Waals surface area (Å²) in [5.74, 6) is -0.141. The normalized spacial score (nSPS) is 14.9. The first-order chi connectivity index (χ1) is 9.16. The van der Waals surface area contributed by atoms with Crippen LogP contribution in [0, 0.1) is 0 Å². The number of carbonyl (C=O) groups excluding carboxylic acids is 1. The molecule has 1 aliphatic rings. The molecule has 0 saturated heterocycles. The molecule has 1 aromatic rings. The third-order valence-electron chi connectivity index (χ3n) is 3.29. The Kier molecular flexibility index (Phi) is 5.29. The summed E-state index contributed by atoms with van der Waals surface area (Å²) in [4.78, 5) is 12.0. The molecule has 0 saturated carbocycles. The molecule has 2 rings (SSSR count). The van der Waals surface area contributed by atoms with Crippen molar-refractivity contribution in [2.75, 3.05) is 6.54 Å². The SMILES string of the molecule is O=C(NCCC1=CCCCC1)c1ccc(Cl)cc1Cl. The zero-order valence-electron chi connectivity index (χ0n) is 10.7. The van der Waals surface area contributed by atoms with E-state index in [1.807, 2.05) is 0 Å². The molecule has 0 bridgehead atoms. The van der Waals surface area contributed by atoms with Crippen LogP contribution in [0.15, 0.2) is 29.8 Å². The van der Waals surface area contributed by atoms with E-state index >= 15 is 0 Å². The Morgan fingerprint density at radius 3 is 2.79 bits per heavy atom. The fraction of sp³-hybridized carbons (Fsp3) is 0.400. The molecule has 1 aliphatic carbocycles. The summed E-state index contributed by atoms with van der Waals surface area (Å²) >= 11 is 11.8. The highest BCUT2D eigenvalue weighted by atomic mass is 35.5. The van der Waals surface area contributed by atoms with Crippen LogP contribution in [0.25, 0.3) is 0 Å². The van der Waals surface area contributed by atoms with E-state index in [4.69, 9.17) is 23.2 Å². The molecule has 102 valence electrons. The zero-order valence-corrected chi connectivity index (χ0v) is 12.2. The molecule has 0 aromatic heterocycles. The quantitative estimate of drug-likeness (QED) is 0.808. The van der Waals surface area contributed by atoms with Crippen molar-refractivity contribution < 1.29 is 4.79 Å². The first-order valence-electron chi connectivity index (χ1n) is 6.58. The Hall–Kier alpha value is -0.990. The minimum absolute atomic E-state index is 0.141. The molecule has 0 heterocycles. The molecule has 1 amide bonds. The van der Waals surface area contributed by atoms with Crippen molar-refractivity contribution in [1.82, 2.24) is 5.32 Å². The van der Waals surface area contributed by atoms with Gasteiger partial charge >= 0.3 is 0 Å². The van der Waals surface area contributed by atoms with Gasteiger partial charge in [-0.25, -0.2) is 0 Å². The molecule has 2 nitrogen and oxygen atoms in total. The average Bonchev–Trinajstić information content (AvgIpc) is 2.39. The van der Waals surface area contributed by atoms with Gasteiger partial charge in [0.2, 0.25) is 0 Å². The Labute approximate surface area is 123 Å². The van der Waals surface area contributed by atoms with Crippen molar-refractivity contribution in [3.63, 3.8) is 0 Å². The largest absolute Gasteiger partial charge is 0.352 e. The first kappa shape index (κ1) is 14.4. The van der Waals surface area contributed by atoms with Gasteiger partial charge in [-0.2, -0.15) is 0 Å². The standard InChI is InChI=1S/C15H17Cl2NO/c16-12-6-7-13(14(17)10-12)15(19)18-9-8-11-4-2-1-3-5-11/h4,6-7,10H,1-3,5,8-9H2,(H,18,19). The van der Waals surface area contributed by atoms with Crippen LogP contribution >= 0.6 is 23.2 Å². The number of amides is 1. The molecule has 0 spiro atoms. The predicted molar refractivity (Wildman–Crippen MR) is 80.0 cm³/mol. The Balaban J connectivity index is 1.85. The number of benzene rings is 1. The fourth-order valence-corrected chi connectivity index (χ4v) is 2.73. The van der Waals surface area contributed by atoms with Crippen LogP contribution in [0.5, 0.6) is 0 Å². The first-order valence-corrected chi connectivity index (χ1v) is 7.33. The lowest BCUT2D eigenvalue weighted by atomic mass is 9.97. The second-order valence-electron chi connectivity index (χ2n) is 4.74. The van der Waals surface area contributed by atoms with Gasteiger partial charge in [-0.05, 0) is 50.3 Å². The van der Waals surface area contributed by atoms with E-state index in [9.17, 15) is 4.79 Å². The van der Waals surface area contributed by atoms with Crippen molar-refractivity contribution in [3.05, 3.63) is 45.5 Å². The van der Waals surface area contributed by atoms with Gasteiger partial charge in [-0.3, -0.25) is 4.79 Å². The smallest absolute Gasteiger partial charge is 0.252 e. The highest BCUT2D eigenvalue weighted by Gasteiger charge is 2.10. The second kappa shape index (κ2) is 6.97. The molecular formula is C15H17Cl2NO. The van der Waals surface area contributed by atoms with Crippen molar-refractivity contribution >= 4 is 29.1 Å². The fourth-order valence-electron chi connectivity index (χ4n) is 2.24. The highest BCUT2D eigenvalue weighted by Crippen LogP contribution is 2.21. The Morgan fingerprint density at radius 1 is 1.26 bits per heavy atom. The predicted octanol–water partition coefficient (Wildman–Crippen LogP) is 4.61. The van der Waals surface area contributed by atoms with Crippen molar-refractivity contribution in [2.24, 2.45) is 0 Å². The maximum atomic E-state index is 12.0. The van der Waals surface area contributed by atoms with Gasteiger partial charge in [0.1, 0.15) is 0 Å². The van der Waals surface area contributed by atoms with Crippen LogP contribution in [0.2, 0.25) is 10.0 Å². The number of carbonyl (C=O) groups is 1. The van der Waals surface area contributed by atoms with E-state index < -0.39 is 0 Å². The van der Waals surface area contributed by atoms with Crippen molar-refractivity contribution in [3.8, 4) is 0 Å². The molecule has 1 N–H and O–H groups in total. The number of nitrogens with one attached hydrogen (secondary N) is 1. The molecule has 1 aromatic carbocycles. The molecule has 0 fully saturated rings. The number of hydrogen-bond donors (Lipinski definition) is 1. The average molecular weight is 298 g/mol. The summed E-state index contributed by atoms with van der Waals surface area (Å²) < 4.78 is 0. The minimum atomic E-state index is -0.141. The van der Waals surface area contributed by atoms with E-state index in [0.29, 0.717) is 22.2 Å². The third-order valence-corrected chi connectivity index (χ3v) is 3.84. The molecule has 0 aliphatic heterocycles. The van der Waals surface area contributed by atoms with Gasteiger partial charge in [0, 0.05) is 11.6 Å². The summed E-state index contributed by atoms with van der Waals surface area (Å²) in [6.45, 7) is 0.656. The molecule has 0 unspecified atom stereocenters. The summed E-state index contributed by atoms with van der Waals surface area (Å²) in [5.41, 5.74) is 1.93. The van der Waals surface area contributed by atoms with Crippen molar-refractivity contribution in [1.29, 1.82) is 0 Å². The van der Waals surface area contributed by atoms with Gasteiger partial charge < -0.3 is 5.32 Å². The molecular weight excluding hydrogens is 281 g/mol. The van der Waals surface area contributed by atoms with Crippen LogP contribution in [0.3, 0.4) is 0 Å². The van der Waals surface area contributed by atoms with Gasteiger partial charge in [0.25, 0.3) is 5.91 Å². The lowest BCUT2D eigenvalue weighted by molar-refractivity contribution is 0.0954. The Morgan fingerprint density at radius 2 is 2.11 bits per heavy atom. The molecule has 0 atom stereocenters. The van der Waals surface area contributed by atoms with E-state index in [2.05, 4.69) is 11.4 Å². The Bertz CT molecular complexity index is 497. The number of hydrogen-bond acceptors (Lipinski definition) is 1. The third kappa shape index (κ3) is 4.26. The molecule has 19 heavy (non-hydrogen) atoms. The zero-order chi connectivity index (χ0) is 13.7. The van der Waals surface area contributed by atoms with Crippen LogP contribution in [-0.4, -0.2) is 12.5 Å². The van der Waals surface area contributed by atoms with Gasteiger partial charge in [0.05, 0.1) is 10.6 Å². The maximum absolute atomic E-state index is 12.0. The van der Waals surface area contributed by atoms with Gasteiger partial charge in [-0.1, -0.05) is 34.9 Å². The summed E-state index contributed by atoms with van der Waals surface area (Å²) in [5, 5.41) is 3.83. The van der Waals surface area contributed by atoms with E-state index in [0.717, 1.165) is 12.8 Å². The van der Waals surface area contributed by atoms with Crippen LogP contribution < -0.4 is 5.32 Å². The number of allylic oxidation sites excluding steroid dienone is 1. The monoisotopic (exact) mass is 297 g/mol. The topological polar surface area (TPSA) is 29.1 Å². The van der Waals surface area contributed by atoms with E-state index in [1.165, 1.54) is 24.8 Å². The summed E-state index contributed by atoms with van der Waals surface area (Å²) in [6.07, 6.45) is 8.12. The minimum Gasteiger partial charge on any atom is -0.352 e. The molecule has 4 heteroatoms. The summed E-state index contributed by atoms with van der Waals surface area (Å²) in [6, 6.07) is 4.91. The number of rotatable bonds is 4. The lowest BCUT2D eigenvalue weighted by Crippen LogP contribution is -2.25. The van der Waals surface area contributed by atoms with Crippen molar-refractivity contribution in [2.45, 2.75) is 32.1 Å². The van der Waals surface area contributed by atoms with Crippen LogP contribution in [0.4, 0.5) is 0 Å². The van der Waals surface area contributed by atoms with Crippen LogP contribution in [0.1, 0.15) is 42.5 Å². The number of halogens is 2. The van der Waals surface area contributed by atoms with E-state index in [-0.39, 0.29) is 5.91 Å². The molecule has 0 radical (unpaired) electrons. The summed E-state index contributed by atoms with van der Waals surface area (Å²) in [7, 11) is 0. The van der Waals surface area contributed by atoms with Gasteiger partial charge in [-0.15, -0.1) is 0 Å². The maximum Gasteiger partial charge on any atom is 0.252 e. The second-order valence-corrected chi connectivity index (χ2v) is 5.58. The van der Waals surface area contributed by atoms with E-state index in [1.54, 1.807) is 18.2 Å². The van der Waals surface area contributed by atoms with Gasteiger partial charge in [0.15, 0.2) is 0 Å². The lowest BCUT2D eigenvalue weighted by Gasteiger charge is -2.13. The van der Waals surface area contributed by atoms with Crippen LogP contribution in [-0.2, 0) is 0 Å². The highest BCUT2D eigenvalue weighted by molar-refractivity contribution is 6.36.